The zero-order valence-electron chi connectivity index (χ0n) is 22.9. The van der Waals surface area contributed by atoms with Crippen LogP contribution >= 0.6 is 0 Å². The Hall–Kier alpha value is -3.91. The fourth-order valence-electron chi connectivity index (χ4n) is 6.72. The first-order valence-electron chi connectivity index (χ1n) is 14.6. The second-order valence-electron chi connectivity index (χ2n) is 12.2. The highest BCUT2D eigenvalue weighted by Gasteiger charge is 2.45. The number of ether oxygens (including phenoxy) is 1. The van der Waals surface area contributed by atoms with E-state index in [1.807, 2.05) is 42.9 Å². The molecule has 6 heterocycles. The van der Waals surface area contributed by atoms with Crippen LogP contribution in [0.2, 0.25) is 0 Å². The van der Waals surface area contributed by atoms with Gasteiger partial charge in [0.1, 0.15) is 29.0 Å². The molecule has 1 spiro atoms. The Bertz CT molecular complexity index is 1650. The fourth-order valence-corrected chi connectivity index (χ4v) is 6.72. The van der Waals surface area contributed by atoms with Gasteiger partial charge in [0.05, 0.1) is 5.52 Å². The summed E-state index contributed by atoms with van der Waals surface area (Å²) in [5, 5.41) is 9.92. The van der Waals surface area contributed by atoms with Gasteiger partial charge >= 0.3 is 0 Å². The Morgan fingerprint density at radius 1 is 1.02 bits per heavy atom. The van der Waals surface area contributed by atoms with Crippen LogP contribution in [0, 0.1) is 11.3 Å². The molecule has 2 saturated heterocycles. The number of pyridine rings is 2. The largest absolute Gasteiger partial charge is 0.486 e. The molecular formula is C32H35N7O. The summed E-state index contributed by atoms with van der Waals surface area (Å²) >= 11 is 0. The highest BCUT2D eigenvalue weighted by atomic mass is 16.5. The number of H-pyrrole nitrogens is 2. The van der Waals surface area contributed by atoms with Gasteiger partial charge in [0.25, 0.3) is 0 Å². The van der Waals surface area contributed by atoms with Gasteiger partial charge in [-0.05, 0) is 94.1 Å². The van der Waals surface area contributed by atoms with Crippen LogP contribution in [0.25, 0.3) is 33.2 Å². The number of piperidine rings is 1. The lowest BCUT2D eigenvalue weighted by molar-refractivity contribution is 0.0734. The van der Waals surface area contributed by atoms with Crippen molar-refractivity contribution in [2.75, 3.05) is 37.6 Å². The summed E-state index contributed by atoms with van der Waals surface area (Å²) < 4.78 is 6.39. The van der Waals surface area contributed by atoms with Gasteiger partial charge in [-0.2, -0.15) is 5.10 Å². The number of aromatic nitrogens is 5. The Morgan fingerprint density at radius 2 is 1.90 bits per heavy atom. The van der Waals surface area contributed by atoms with E-state index in [-0.39, 0.29) is 6.10 Å². The molecule has 0 amide bonds. The number of fused-ring (bicyclic) bond motifs is 2. The van der Waals surface area contributed by atoms with Crippen LogP contribution in [0.4, 0.5) is 5.82 Å². The summed E-state index contributed by atoms with van der Waals surface area (Å²) in [4.78, 5) is 17.6. The van der Waals surface area contributed by atoms with Crippen LogP contribution in [0.15, 0.2) is 61.1 Å². The lowest BCUT2D eigenvalue weighted by atomic mass is 9.72. The van der Waals surface area contributed by atoms with E-state index in [1.54, 1.807) is 0 Å². The molecule has 4 aromatic heterocycles. The molecule has 3 aliphatic rings. The zero-order valence-corrected chi connectivity index (χ0v) is 22.9. The number of benzene rings is 1. The molecule has 1 aliphatic carbocycles. The predicted molar refractivity (Wildman–Crippen MR) is 158 cm³/mol. The lowest BCUT2D eigenvalue weighted by Crippen LogP contribution is -2.60. The van der Waals surface area contributed by atoms with Gasteiger partial charge in [-0.1, -0.05) is 0 Å². The van der Waals surface area contributed by atoms with Crippen LogP contribution in [-0.2, 0) is 0 Å². The maximum Gasteiger partial charge on any atom is 0.137 e. The molecule has 204 valence electrons. The van der Waals surface area contributed by atoms with Crippen LogP contribution in [0.3, 0.4) is 0 Å². The van der Waals surface area contributed by atoms with Gasteiger partial charge in [-0.3, -0.25) is 5.10 Å². The SMILES string of the molecule is CC(Oc1ccc2[nH]nc(-c3ccc(N4CC5(CCN(CC6CC6)CC5)C4)nc3)c2c1)c1ccnc2[nH]ccc12. The summed E-state index contributed by atoms with van der Waals surface area (Å²) in [5.41, 5.74) is 5.36. The Morgan fingerprint density at radius 3 is 2.70 bits per heavy atom. The summed E-state index contributed by atoms with van der Waals surface area (Å²) in [6, 6.07) is 14.5. The summed E-state index contributed by atoms with van der Waals surface area (Å²) in [7, 11) is 0. The van der Waals surface area contributed by atoms with E-state index < -0.39 is 0 Å². The van der Waals surface area contributed by atoms with E-state index >= 15 is 0 Å². The molecule has 40 heavy (non-hydrogen) atoms. The second-order valence-corrected chi connectivity index (χ2v) is 12.2. The molecule has 1 atom stereocenters. The molecule has 3 fully saturated rings. The molecule has 0 bridgehead atoms. The monoisotopic (exact) mass is 533 g/mol. The van der Waals surface area contributed by atoms with Gasteiger partial charge < -0.3 is 19.5 Å². The Kier molecular flexibility index (Phi) is 5.59. The molecule has 5 aromatic rings. The molecule has 1 saturated carbocycles. The van der Waals surface area contributed by atoms with Crippen molar-refractivity contribution >= 4 is 27.8 Å². The second kappa shape index (κ2) is 9.34. The number of hydrogen-bond acceptors (Lipinski definition) is 6. The minimum atomic E-state index is -0.125. The normalized spacial score (nSPS) is 19.8. The zero-order chi connectivity index (χ0) is 26.7. The van der Waals surface area contributed by atoms with Crippen molar-refractivity contribution in [2.45, 2.75) is 38.7 Å². The van der Waals surface area contributed by atoms with E-state index in [9.17, 15) is 0 Å². The fraction of sp³-hybridized carbons (Fsp3) is 0.406. The number of nitrogens with one attached hydrogen (secondary N) is 2. The summed E-state index contributed by atoms with van der Waals surface area (Å²) in [6.07, 6.45) is 11.1. The van der Waals surface area contributed by atoms with Gasteiger partial charge in [-0.15, -0.1) is 0 Å². The van der Waals surface area contributed by atoms with Crippen molar-refractivity contribution in [1.82, 2.24) is 30.0 Å². The number of hydrogen-bond donors (Lipinski definition) is 2. The van der Waals surface area contributed by atoms with Crippen LogP contribution in [0.5, 0.6) is 5.75 Å². The third-order valence-corrected chi connectivity index (χ3v) is 9.31. The van der Waals surface area contributed by atoms with E-state index in [4.69, 9.17) is 9.72 Å². The van der Waals surface area contributed by atoms with Crippen molar-refractivity contribution < 1.29 is 4.74 Å². The quantitative estimate of drug-likeness (QED) is 0.269. The van der Waals surface area contributed by atoms with Gasteiger partial charge in [-0.25, -0.2) is 9.97 Å². The summed E-state index contributed by atoms with van der Waals surface area (Å²) in [5.74, 6) is 2.87. The first-order chi connectivity index (χ1) is 19.6. The third-order valence-electron chi connectivity index (χ3n) is 9.31. The first kappa shape index (κ1) is 23.9. The number of aromatic amines is 2. The molecule has 8 rings (SSSR count). The molecule has 2 aliphatic heterocycles. The van der Waals surface area contributed by atoms with Crippen molar-refractivity contribution in [3.8, 4) is 17.0 Å². The van der Waals surface area contributed by atoms with E-state index in [0.717, 1.165) is 69.3 Å². The van der Waals surface area contributed by atoms with Crippen LogP contribution in [0.1, 0.15) is 44.3 Å². The van der Waals surface area contributed by atoms with Crippen molar-refractivity contribution in [3.63, 3.8) is 0 Å². The molecule has 8 nitrogen and oxygen atoms in total. The van der Waals surface area contributed by atoms with E-state index in [1.165, 1.54) is 45.3 Å². The van der Waals surface area contributed by atoms with Crippen molar-refractivity contribution in [3.05, 3.63) is 66.6 Å². The topological polar surface area (TPSA) is 86.0 Å². The maximum absolute atomic E-state index is 6.39. The predicted octanol–water partition coefficient (Wildman–Crippen LogP) is 5.95. The standard InChI is InChI=1S/C32H35N7O/c1-21(25-8-12-33-31-26(25)9-13-34-31)40-24-5-6-28-27(16-24)30(37-36-28)23-4-7-29(35-17-23)39-19-32(20-39)10-14-38(15-11-32)18-22-2-3-22/h4-9,12-13,16-17,21-22H,2-3,10-11,14-15,18-20H2,1H3,(H,33,34)(H,36,37). The maximum atomic E-state index is 6.39. The highest BCUT2D eigenvalue weighted by Crippen LogP contribution is 2.43. The minimum Gasteiger partial charge on any atom is -0.486 e. The number of anilines is 1. The van der Waals surface area contributed by atoms with E-state index in [2.05, 4.69) is 55.1 Å². The van der Waals surface area contributed by atoms with Crippen LogP contribution < -0.4 is 9.64 Å². The van der Waals surface area contributed by atoms with Crippen molar-refractivity contribution in [1.29, 1.82) is 0 Å². The third kappa shape index (κ3) is 4.31. The number of rotatable bonds is 7. The number of likely N-dealkylation sites (tertiary alicyclic amines) is 1. The van der Waals surface area contributed by atoms with Gasteiger partial charge in [0.2, 0.25) is 0 Å². The molecular weight excluding hydrogens is 498 g/mol. The van der Waals surface area contributed by atoms with Crippen LogP contribution in [-0.4, -0.2) is 62.8 Å². The Balaban J connectivity index is 0.957. The number of nitrogens with zero attached hydrogens (tertiary/aromatic N) is 5. The molecule has 1 unspecified atom stereocenters. The Labute approximate surface area is 233 Å². The average Bonchev–Trinajstić information content (AvgIpc) is 3.47. The lowest BCUT2D eigenvalue weighted by Gasteiger charge is -2.54. The van der Waals surface area contributed by atoms with E-state index in [0.29, 0.717) is 5.41 Å². The first-order valence-corrected chi connectivity index (χ1v) is 14.6. The molecule has 8 heteroatoms. The average molecular weight is 534 g/mol. The molecule has 2 N–H and O–H groups in total. The van der Waals surface area contributed by atoms with Gasteiger partial charge in [0.15, 0.2) is 0 Å². The molecule has 1 aromatic carbocycles. The minimum absolute atomic E-state index is 0.125. The summed E-state index contributed by atoms with van der Waals surface area (Å²) in [6.45, 7) is 8.21. The van der Waals surface area contributed by atoms with Crippen molar-refractivity contribution in [2.24, 2.45) is 11.3 Å². The smallest absolute Gasteiger partial charge is 0.137 e. The highest BCUT2D eigenvalue weighted by molar-refractivity contribution is 5.93. The van der Waals surface area contributed by atoms with Gasteiger partial charge in [0, 0.05) is 65.5 Å². The molecule has 0 radical (unpaired) electrons.